The molecule has 0 aliphatic carbocycles. The van der Waals surface area contributed by atoms with Crippen molar-refractivity contribution in [1.29, 1.82) is 0 Å². The SMILES string of the molecule is CC1CC(C)(C)CC(C)(C)CNCCN1. The molecule has 2 nitrogen and oxygen atoms in total. The third kappa shape index (κ3) is 4.98. The van der Waals surface area contributed by atoms with Gasteiger partial charge in [0.25, 0.3) is 0 Å². The minimum atomic E-state index is 0.417. The molecular formula is C13H28N2. The van der Waals surface area contributed by atoms with Crippen LogP contribution in [0.2, 0.25) is 0 Å². The van der Waals surface area contributed by atoms with Crippen LogP contribution in [0.3, 0.4) is 0 Å². The van der Waals surface area contributed by atoms with E-state index in [0.29, 0.717) is 16.9 Å². The minimum absolute atomic E-state index is 0.417. The fourth-order valence-corrected chi connectivity index (χ4v) is 3.16. The zero-order chi connectivity index (χ0) is 11.5. The molecule has 1 saturated heterocycles. The number of rotatable bonds is 0. The quantitative estimate of drug-likeness (QED) is 0.644. The third-order valence-electron chi connectivity index (χ3n) is 3.21. The molecule has 0 spiro atoms. The highest BCUT2D eigenvalue weighted by Crippen LogP contribution is 2.36. The summed E-state index contributed by atoms with van der Waals surface area (Å²) in [5.41, 5.74) is 0.857. The maximum absolute atomic E-state index is 3.57. The lowest BCUT2D eigenvalue weighted by atomic mass is 9.72. The van der Waals surface area contributed by atoms with E-state index in [2.05, 4.69) is 45.3 Å². The second-order valence-electron chi connectivity index (χ2n) is 6.74. The summed E-state index contributed by atoms with van der Waals surface area (Å²) in [5, 5.41) is 7.11. The Morgan fingerprint density at radius 2 is 1.67 bits per heavy atom. The van der Waals surface area contributed by atoms with E-state index in [1.54, 1.807) is 0 Å². The van der Waals surface area contributed by atoms with Crippen LogP contribution in [0.15, 0.2) is 0 Å². The van der Waals surface area contributed by atoms with Crippen LogP contribution in [0.25, 0.3) is 0 Å². The molecule has 1 aliphatic rings. The molecule has 0 aromatic heterocycles. The van der Waals surface area contributed by atoms with Crippen molar-refractivity contribution in [2.45, 2.75) is 53.5 Å². The molecule has 2 heteroatoms. The first-order valence-electron chi connectivity index (χ1n) is 6.25. The molecule has 1 unspecified atom stereocenters. The van der Waals surface area contributed by atoms with Crippen molar-refractivity contribution in [2.75, 3.05) is 19.6 Å². The number of hydrogen-bond donors (Lipinski definition) is 2. The highest BCUT2D eigenvalue weighted by molar-refractivity contribution is 4.84. The van der Waals surface area contributed by atoms with Gasteiger partial charge in [-0.3, -0.25) is 0 Å². The van der Waals surface area contributed by atoms with E-state index in [9.17, 15) is 0 Å². The Labute approximate surface area is 95.2 Å². The molecule has 0 radical (unpaired) electrons. The van der Waals surface area contributed by atoms with Gasteiger partial charge in [-0.1, -0.05) is 27.7 Å². The van der Waals surface area contributed by atoms with Gasteiger partial charge in [0.2, 0.25) is 0 Å². The smallest absolute Gasteiger partial charge is 0.00792 e. The normalized spacial score (nSPS) is 32.2. The van der Waals surface area contributed by atoms with Gasteiger partial charge in [0.1, 0.15) is 0 Å². The Morgan fingerprint density at radius 3 is 2.33 bits per heavy atom. The summed E-state index contributed by atoms with van der Waals surface area (Å²) >= 11 is 0. The molecule has 0 bridgehead atoms. The lowest BCUT2D eigenvalue weighted by Gasteiger charge is -2.38. The Kier molecular flexibility index (Phi) is 4.19. The highest BCUT2D eigenvalue weighted by atomic mass is 15.0. The summed E-state index contributed by atoms with van der Waals surface area (Å²) in [6.07, 6.45) is 2.56. The van der Waals surface area contributed by atoms with Crippen molar-refractivity contribution < 1.29 is 0 Å². The minimum Gasteiger partial charge on any atom is -0.315 e. The van der Waals surface area contributed by atoms with Gasteiger partial charge in [-0.25, -0.2) is 0 Å². The molecule has 1 heterocycles. The van der Waals surface area contributed by atoms with Crippen LogP contribution < -0.4 is 10.6 Å². The zero-order valence-electron chi connectivity index (χ0n) is 11.1. The average molecular weight is 212 g/mol. The van der Waals surface area contributed by atoms with Gasteiger partial charge in [0, 0.05) is 25.7 Å². The van der Waals surface area contributed by atoms with Crippen LogP contribution in [-0.4, -0.2) is 25.7 Å². The van der Waals surface area contributed by atoms with Crippen molar-refractivity contribution in [3.05, 3.63) is 0 Å². The predicted octanol–water partition coefficient (Wildman–Crippen LogP) is 2.40. The van der Waals surface area contributed by atoms with E-state index in [0.717, 1.165) is 19.6 Å². The Balaban J connectivity index is 2.64. The second-order valence-corrected chi connectivity index (χ2v) is 6.74. The van der Waals surface area contributed by atoms with Crippen LogP contribution in [-0.2, 0) is 0 Å². The van der Waals surface area contributed by atoms with Crippen LogP contribution in [0.1, 0.15) is 47.5 Å². The molecule has 2 N–H and O–H groups in total. The fourth-order valence-electron chi connectivity index (χ4n) is 3.16. The maximum Gasteiger partial charge on any atom is 0.00792 e. The van der Waals surface area contributed by atoms with Gasteiger partial charge in [0.15, 0.2) is 0 Å². The number of nitrogens with one attached hydrogen (secondary N) is 2. The third-order valence-corrected chi connectivity index (χ3v) is 3.21. The van der Waals surface area contributed by atoms with Gasteiger partial charge < -0.3 is 10.6 Å². The van der Waals surface area contributed by atoms with Gasteiger partial charge in [-0.2, -0.15) is 0 Å². The fraction of sp³-hybridized carbons (Fsp3) is 1.00. The van der Waals surface area contributed by atoms with E-state index < -0.39 is 0 Å². The second kappa shape index (κ2) is 4.84. The van der Waals surface area contributed by atoms with Crippen LogP contribution >= 0.6 is 0 Å². The maximum atomic E-state index is 3.57. The standard InChI is InChI=1S/C13H28N2/c1-11-8-12(2,3)9-13(4,5)10-14-6-7-15-11/h11,14-15H,6-10H2,1-5H3. The van der Waals surface area contributed by atoms with E-state index in [4.69, 9.17) is 0 Å². The van der Waals surface area contributed by atoms with Crippen molar-refractivity contribution in [3.63, 3.8) is 0 Å². The first kappa shape index (κ1) is 13.0. The summed E-state index contributed by atoms with van der Waals surface area (Å²) in [4.78, 5) is 0. The molecule has 0 saturated carbocycles. The first-order chi connectivity index (χ1) is 6.81. The van der Waals surface area contributed by atoms with Crippen molar-refractivity contribution in [1.82, 2.24) is 10.6 Å². The number of hydrogen-bond acceptors (Lipinski definition) is 2. The molecule has 1 fully saturated rings. The van der Waals surface area contributed by atoms with Gasteiger partial charge in [-0.15, -0.1) is 0 Å². The molecule has 1 rings (SSSR count). The van der Waals surface area contributed by atoms with Crippen molar-refractivity contribution >= 4 is 0 Å². The van der Waals surface area contributed by atoms with Crippen molar-refractivity contribution in [3.8, 4) is 0 Å². The van der Waals surface area contributed by atoms with E-state index >= 15 is 0 Å². The molecule has 90 valence electrons. The van der Waals surface area contributed by atoms with Crippen molar-refractivity contribution in [2.24, 2.45) is 10.8 Å². The largest absolute Gasteiger partial charge is 0.315 e. The summed E-state index contributed by atoms with van der Waals surface area (Å²) in [6, 6.07) is 0.635. The van der Waals surface area contributed by atoms with Crippen LogP contribution in [0.5, 0.6) is 0 Å². The summed E-state index contributed by atoms with van der Waals surface area (Å²) < 4.78 is 0. The molecular weight excluding hydrogens is 184 g/mol. The molecule has 15 heavy (non-hydrogen) atoms. The molecule has 1 atom stereocenters. The summed E-state index contributed by atoms with van der Waals surface area (Å²) in [5.74, 6) is 0. The molecule has 1 aliphatic heterocycles. The van der Waals surface area contributed by atoms with E-state index in [1.165, 1.54) is 12.8 Å². The van der Waals surface area contributed by atoms with E-state index in [1.807, 2.05) is 0 Å². The van der Waals surface area contributed by atoms with Crippen LogP contribution in [0, 0.1) is 10.8 Å². The van der Waals surface area contributed by atoms with E-state index in [-0.39, 0.29) is 0 Å². The Bertz CT molecular complexity index is 197. The molecule has 0 aromatic carbocycles. The van der Waals surface area contributed by atoms with Gasteiger partial charge in [-0.05, 0) is 30.6 Å². The lowest BCUT2D eigenvalue weighted by molar-refractivity contribution is 0.158. The topological polar surface area (TPSA) is 24.1 Å². The Hall–Kier alpha value is -0.0800. The van der Waals surface area contributed by atoms with Crippen LogP contribution in [0.4, 0.5) is 0 Å². The first-order valence-corrected chi connectivity index (χ1v) is 6.25. The molecule has 0 aromatic rings. The summed E-state index contributed by atoms with van der Waals surface area (Å²) in [7, 11) is 0. The van der Waals surface area contributed by atoms with Gasteiger partial charge in [0.05, 0.1) is 0 Å². The molecule has 0 amide bonds. The monoisotopic (exact) mass is 212 g/mol. The predicted molar refractivity (Wildman–Crippen MR) is 67.1 cm³/mol. The lowest BCUT2D eigenvalue weighted by Crippen LogP contribution is -2.43. The average Bonchev–Trinajstić information content (AvgIpc) is 1.98. The zero-order valence-corrected chi connectivity index (χ0v) is 11.1. The summed E-state index contributed by atoms with van der Waals surface area (Å²) in [6.45, 7) is 15.2. The van der Waals surface area contributed by atoms with Gasteiger partial charge >= 0.3 is 0 Å². The Morgan fingerprint density at radius 1 is 1.00 bits per heavy atom. The highest BCUT2D eigenvalue weighted by Gasteiger charge is 2.30.